The lowest BCUT2D eigenvalue weighted by Crippen LogP contribution is -2.38. The van der Waals surface area contributed by atoms with Crippen LogP contribution in [0, 0.1) is 0 Å². The molecule has 2 aromatic heterocycles. The van der Waals surface area contributed by atoms with Gasteiger partial charge in [0.15, 0.2) is 9.84 Å². The molecule has 1 aromatic carbocycles. The van der Waals surface area contributed by atoms with E-state index in [0.29, 0.717) is 29.2 Å². The zero-order valence-corrected chi connectivity index (χ0v) is 21.5. The van der Waals surface area contributed by atoms with Gasteiger partial charge in [-0.25, -0.2) is 22.9 Å². The highest BCUT2D eigenvalue weighted by molar-refractivity contribution is 7.92. The van der Waals surface area contributed by atoms with Crippen LogP contribution in [0.15, 0.2) is 47.8 Å². The van der Waals surface area contributed by atoms with Crippen LogP contribution in [-0.4, -0.2) is 46.7 Å². The van der Waals surface area contributed by atoms with Gasteiger partial charge in [0.2, 0.25) is 0 Å². The lowest BCUT2D eigenvalue weighted by atomic mass is 9.86. The first-order valence-electron chi connectivity index (χ1n) is 12.1. The summed E-state index contributed by atoms with van der Waals surface area (Å²) in [5.41, 5.74) is 1.44. The van der Waals surface area contributed by atoms with Crippen LogP contribution in [0.25, 0.3) is 16.1 Å². The lowest BCUT2D eigenvalue weighted by Gasteiger charge is -2.28. The van der Waals surface area contributed by atoms with Crippen LogP contribution < -0.4 is 5.32 Å². The molecule has 0 spiro atoms. The summed E-state index contributed by atoms with van der Waals surface area (Å²) in [6, 6.07) is 7.45. The van der Waals surface area contributed by atoms with Gasteiger partial charge in [0.25, 0.3) is 0 Å². The van der Waals surface area contributed by atoms with Crippen molar-refractivity contribution in [3.8, 4) is 16.1 Å². The fourth-order valence-electron chi connectivity index (χ4n) is 4.57. The first-order chi connectivity index (χ1) is 16.8. The molecule has 0 bridgehead atoms. The first kappa shape index (κ1) is 24.0. The Kier molecular flexibility index (Phi) is 6.67. The Morgan fingerprint density at radius 2 is 1.94 bits per heavy atom. The van der Waals surface area contributed by atoms with E-state index in [2.05, 4.69) is 10.4 Å². The number of hydrogen-bond acceptors (Lipinski definition) is 7. The van der Waals surface area contributed by atoms with Crippen LogP contribution in [0.4, 0.5) is 4.79 Å². The van der Waals surface area contributed by atoms with E-state index < -0.39 is 9.84 Å². The van der Waals surface area contributed by atoms with Gasteiger partial charge < -0.3 is 10.1 Å². The van der Waals surface area contributed by atoms with Crippen molar-refractivity contribution in [2.45, 2.75) is 80.6 Å². The maximum atomic E-state index is 13.3. The average molecular weight is 515 g/mol. The topological polar surface area (TPSA) is 103 Å². The van der Waals surface area contributed by atoms with Crippen molar-refractivity contribution in [1.82, 2.24) is 20.1 Å². The molecule has 2 heterocycles. The monoisotopic (exact) mass is 514 g/mol. The highest BCUT2D eigenvalue weighted by atomic mass is 32.2. The van der Waals surface area contributed by atoms with Gasteiger partial charge in [-0.1, -0.05) is 6.07 Å². The van der Waals surface area contributed by atoms with Gasteiger partial charge >= 0.3 is 6.09 Å². The van der Waals surface area contributed by atoms with Crippen molar-refractivity contribution in [2.24, 2.45) is 0 Å². The predicted octanol–water partition coefficient (Wildman–Crippen LogP) is 5.09. The molecule has 2 aliphatic carbocycles. The summed E-state index contributed by atoms with van der Waals surface area (Å²) in [7, 11) is -3.42. The van der Waals surface area contributed by atoms with Crippen molar-refractivity contribution < 1.29 is 17.9 Å². The Morgan fingerprint density at radius 3 is 2.60 bits per heavy atom. The van der Waals surface area contributed by atoms with E-state index in [-0.39, 0.29) is 23.5 Å². The summed E-state index contributed by atoms with van der Waals surface area (Å²) in [5, 5.41) is 7.94. The number of hydrogen-bond donors (Lipinski definition) is 1. The third kappa shape index (κ3) is 5.28. The van der Waals surface area contributed by atoms with Crippen LogP contribution in [0.1, 0.15) is 63.3 Å². The maximum Gasteiger partial charge on any atom is 0.407 e. The number of aromatic nitrogens is 3. The van der Waals surface area contributed by atoms with Gasteiger partial charge in [-0.2, -0.15) is 5.10 Å². The van der Waals surface area contributed by atoms with E-state index in [1.165, 1.54) is 0 Å². The molecule has 5 rings (SSSR count). The Hall–Kier alpha value is -2.72. The zero-order chi connectivity index (χ0) is 24.6. The minimum atomic E-state index is -3.42. The number of benzene rings is 1. The molecule has 0 saturated heterocycles. The summed E-state index contributed by atoms with van der Waals surface area (Å²) in [6.07, 6.45) is 9.80. The van der Waals surface area contributed by atoms with Crippen LogP contribution in [0.2, 0.25) is 0 Å². The second-order valence-electron chi connectivity index (χ2n) is 9.59. The first-order valence-corrected chi connectivity index (χ1v) is 14.5. The van der Waals surface area contributed by atoms with Gasteiger partial charge in [0.1, 0.15) is 0 Å². The molecule has 0 atom stereocenters. The quantitative estimate of drug-likeness (QED) is 0.471. The molecule has 10 heteroatoms. The van der Waals surface area contributed by atoms with Gasteiger partial charge in [-0.05, 0) is 70.6 Å². The van der Waals surface area contributed by atoms with Gasteiger partial charge in [0.05, 0.1) is 31.8 Å². The SMILES string of the molecule is CC(C)OC(=O)NC1CCC(c2ncc(-c3ccc(-n4cccn4)cc3S(=O)(=O)C3CC3)s2)CC1. The summed E-state index contributed by atoms with van der Waals surface area (Å²) in [5.74, 6) is 0.305. The number of nitrogens with zero attached hydrogens (tertiary/aromatic N) is 3. The second-order valence-corrected chi connectivity index (χ2v) is 12.8. The third-order valence-corrected chi connectivity index (χ3v) is 10.0. The normalized spacial score (nSPS) is 20.7. The molecule has 3 aromatic rings. The van der Waals surface area contributed by atoms with Gasteiger partial charge in [-0.15, -0.1) is 11.3 Å². The standard InChI is InChI=1S/C25H30N4O4S2/c1-16(2)33-25(30)28-18-6-4-17(5-7-18)24-26-15-22(34-24)21-11-8-19(29-13-3-12-27-29)14-23(21)35(31,32)20-9-10-20/h3,8,11-18,20H,4-7,9-10H2,1-2H3,(H,28,30). The number of ether oxygens (including phenoxy) is 1. The third-order valence-electron chi connectivity index (χ3n) is 6.53. The number of alkyl carbamates (subject to hydrolysis) is 1. The van der Waals surface area contributed by atoms with Gasteiger partial charge in [-0.3, -0.25) is 0 Å². The second kappa shape index (κ2) is 9.73. The number of carbonyl (C=O) groups excluding carboxylic acids is 1. The number of thiazole rings is 1. The Balaban J connectivity index is 1.35. The van der Waals surface area contributed by atoms with Crippen LogP contribution in [0.3, 0.4) is 0 Å². The summed E-state index contributed by atoms with van der Waals surface area (Å²) in [6.45, 7) is 3.67. The van der Waals surface area contributed by atoms with Gasteiger partial charge in [0, 0.05) is 36.1 Å². The molecule has 2 aliphatic rings. The fourth-order valence-corrected chi connectivity index (χ4v) is 7.65. The van der Waals surface area contributed by atoms with E-state index in [1.807, 2.05) is 32.0 Å². The lowest BCUT2D eigenvalue weighted by molar-refractivity contribution is 0.109. The molecular formula is C25H30N4O4S2. The highest BCUT2D eigenvalue weighted by Crippen LogP contribution is 2.42. The molecule has 0 unspecified atom stereocenters. The van der Waals surface area contributed by atoms with Crippen molar-refractivity contribution in [2.75, 3.05) is 0 Å². The smallest absolute Gasteiger partial charge is 0.407 e. The minimum absolute atomic E-state index is 0.113. The van der Waals surface area contributed by atoms with Crippen molar-refractivity contribution in [3.05, 3.63) is 47.9 Å². The molecule has 2 saturated carbocycles. The fraction of sp³-hybridized carbons (Fsp3) is 0.480. The predicted molar refractivity (Wildman–Crippen MR) is 135 cm³/mol. The molecule has 8 nitrogen and oxygen atoms in total. The molecule has 0 aliphatic heterocycles. The molecule has 35 heavy (non-hydrogen) atoms. The molecule has 186 valence electrons. The largest absolute Gasteiger partial charge is 0.447 e. The van der Waals surface area contributed by atoms with E-state index in [0.717, 1.165) is 41.3 Å². The number of sulfone groups is 1. The summed E-state index contributed by atoms with van der Waals surface area (Å²) >= 11 is 1.57. The molecular weight excluding hydrogens is 484 g/mol. The van der Waals surface area contributed by atoms with Crippen molar-refractivity contribution >= 4 is 27.3 Å². The number of rotatable bonds is 7. The van der Waals surface area contributed by atoms with Crippen LogP contribution >= 0.6 is 11.3 Å². The summed E-state index contributed by atoms with van der Waals surface area (Å²) < 4.78 is 33.5. The van der Waals surface area contributed by atoms with E-state index in [4.69, 9.17) is 9.72 Å². The molecule has 0 radical (unpaired) electrons. The van der Waals surface area contributed by atoms with E-state index >= 15 is 0 Å². The number of carbonyl (C=O) groups is 1. The highest BCUT2D eigenvalue weighted by Gasteiger charge is 2.39. The summed E-state index contributed by atoms with van der Waals surface area (Å²) in [4.78, 5) is 17.8. The average Bonchev–Trinajstić information content (AvgIpc) is 3.35. The van der Waals surface area contributed by atoms with Crippen molar-refractivity contribution in [1.29, 1.82) is 0 Å². The molecule has 1 N–H and O–H groups in total. The van der Waals surface area contributed by atoms with Crippen molar-refractivity contribution in [3.63, 3.8) is 0 Å². The molecule has 1 amide bonds. The van der Waals surface area contributed by atoms with Crippen LogP contribution in [-0.2, 0) is 14.6 Å². The van der Waals surface area contributed by atoms with E-state index in [1.54, 1.807) is 40.7 Å². The Morgan fingerprint density at radius 1 is 1.17 bits per heavy atom. The molecule has 2 fully saturated rings. The van der Waals surface area contributed by atoms with Crippen LogP contribution in [0.5, 0.6) is 0 Å². The Bertz CT molecular complexity index is 1290. The van der Waals surface area contributed by atoms with E-state index in [9.17, 15) is 13.2 Å². The number of amides is 1. The maximum absolute atomic E-state index is 13.3. The minimum Gasteiger partial charge on any atom is -0.447 e. The Labute approximate surface area is 209 Å². The zero-order valence-electron chi connectivity index (χ0n) is 19.9. The number of nitrogens with one attached hydrogen (secondary N) is 1.